The average Bonchev–Trinajstić information content (AvgIpc) is 3.57. The minimum atomic E-state index is -0.288. The Morgan fingerprint density at radius 1 is 0.600 bits per heavy atom. The van der Waals surface area contributed by atoms with Gasteiger partial charge >= 0.3 is 0 Å². The number of nitrogens with zero attached hydrogens (tertiary/aromatic N) is 1. The first-order chi connectivity index (χ1) is 17.2. The molecule has 2 heterocycles. The Balaban J connectivity index is 1.46. The van der Waals surface area contributed by atoms with Gasteiger partial charge in [-0.3, -0.25) is 9.59 Å². The molecule has 170 valence electrons. The molecule has 0 spiro atoms. The molecule has 0 fully saturated rings. The molecule has 6 heteroatoms. The number of aromatic amines is 1. The number of benzene rings is 3. The van der Waals surface area contributed by atoms with Crippen molar-refractivity contribution in [1.82, 2.24) is 4.98 Å². The van der Waals surface area contributed by atoms with Gasteiger partial charge in [0, 0.05) is 22.6 Å². The highest BCUT2D eigenvalue weighted by Crippen LogP contribution is 2.30. The zero-order valence-electron chi connectivity index (χ0n) is 18.7. The predicted molar refractivity (Wildman–Crippen MR) is 139 cm³/mol. The van der Waals surface area contributed by atoms with E-state index in [-0.39, 0.29) is 11.8 Å². The Kier molecular flexibility index (Phi) is 6.17. The van der Waals surface area contributed by atoms with Gasteiger partial charge in [-0.15, -0.1) is 0 Å². The molecule has 0 unspecified atom stereocenters. The first-order valence-corrected chi connectivity index (χ1v) is 11.2. The molecule has 0 saturated carbocycles. The normalized spacial score (nSPS) is 13.8. The van der Waals surface area contributed by atoms with Gasteiger partial charge < -0.3 is 15.6 Å². The molecule has 2 amide bonds. The second-order valence-electron chi connectivity index (χ2n) is 7.88. The average molecular weight is 459 g/mol. The number of carbonyl (C=O) groups is 2. The summed E-state index contributed by atoms with van der Waals surface area (Å²) in [5, 5.41) is 5.75. The van der Waals surface area contributed by atoms with E-state index in [9.17, 15) is 9.59 Å². The number of hydrogen-bond acceptors (Lipinski definition) is 3. The number of anilines is 2. The van der Waals surface area contributed by atoms with Crippen LogP contribution in [0.3, 0.4) is 0 Å². The van der Waals surface area contributed by atoms with E-state index >= 15 is 0 Å². The van der Waals surface area contributed by atoms with E-state index in [1.165, 1.54) is 0 Å². The SMILES string of the molecule is O=C(Nc1ccccc1)C1=N/C(=C(/c2ccccc2)c2ccc(C(=O)Nc3ccccc3)[nH]2)C=C1. The van der Waals surface area contributed by atoms with Crippen LogP contribution in [0.1, 0.15) is 21.7 Å². The summed E-state index contributed by atoms with van der Waals surface area (Å²) < 4.78 is 0. The van der Waals surface area contributed by atoms with E-state index in [1.807, 2.05) is 103 Å². The van der Waals surface area contributed by atoms with Gasteiger partial charge in [-0.05, 0) is 54.1 Å². The Bertz CT molecular complexity index is 1450. The number of rotatable bonds is 6. The fourth-order valence-corrected chi connectivity index (χ4v) is 3.78. The standard InChI is InChI=1S/C29H22N4O2/c34-28(30-21-12-6-2-7-13-21)25-18-16-23(32-25)27(20-10-4-1-5-11-20)24-17-19-26(33-24)29(35)31-22-14-8-3-9-15-22/h1-19,32H,(H,30,34)(H,31,35)/b27-24-. The van der Waals surface area contributed by atoms with Gasteiger partial charge in [0.2, 0.25) is 0 Å². The molecule has 3 aromatic carbocycles. The monoisotopic (exact) mass is 458 g/mol. The van der Waals surface area contributed by atoms with E-state index < -0.39 is 0 Å². The van der Waals surface area contributed by atoms with Gasteiger partial charge in [0.15, 0.2) is 0 Å². The third kappa shape index (κ3) is 5.02. The van der Waals surface area contributed by atoms with Gasteiger partial charge in [-0.1, -0.05) is 66.7 Å². The Morgan fingerprint density at radius 3 is 1.77 bits per heavy atom. The molecule has 1 aliphatic heterocycles. The van der Waals surface area contributed by atoms with Crippen molar-refractivity contribution in [3.63, 3.8) is 0 Å². The third-order valence-corrected chi connectivity index (χ3v) is 5.45. The number of para-hydroxylation sites is 2. The van der Waals surface area contributed by atoms with Crippen LogP contribution < -0.4 is 10.6 Å². The van der Waals surface area contributed by atoms with Crippen molar-refractivity contribution in [3.8, 4) is 0 Å². The summed E-state index contributed by atoms with van der Waals surface area (Å²) in [6, 6.07) is 31.9. The lowest BCUT2D eigenvalue weighted by atomic mass is 10.0. The molecule has 4 aromatic rings. The van der Waals surface area contributed by atoms with Crippen LogP contribution in [0.25, 0.3) is 5.57 Å². The van der Waals surface area contributed by atoms with Gasteiger partial charge in [0.25, 0.3) is 11.8 Å². The molecule has 0 saturated heterocycles. The molecular formula is C29H22N4O2. The van der Waals surface area contributed by atoms with Crippen molar-refractivity contribution in [2.75, 3.05) is 10.6 Å². The number of hydrogen-bond donors (Lipinski definition) is 3. The summed E-state index contributed by atoms with van der Waals surface area (Å²) in [6.07, 6.45) is 3.51. The number of amides is 2. The number of aliphatic imine (C=N–C) groups is 1. The van der Waals surface area contributed by atoms with Crippen molar-refractivity contribution in [1.29, 1.82) is 0 Å². The van der Waals surface area contributed by atoms with E-state index in [0.717, 1.165) is 16.8 Å². The van der Waals surface area contributed by atoms with Crippen molar-refractivity contribution >= 4 is 34.5 Å². The van der Waals surface area contributed by atoms with Crippen LogP contribution >= 0.6 is 0 Å². The lowest BCUT2D eigenvalue weighted by molar-refractivity contribution is -0.110. The Labute approximate surface area is 202 Å². The summed E-state index contributed by atoms with van der Waals surface area (Å²) in [7, 11) is 0. The predicted octanol–water partition coefficient (Wildman–Crippen LogP) is 5.68. The zero-order chi connectivity index (χ0) is 24.0. The third-order valence-electron chi connectivity index (χ3n) is 5.45. The highest BCUT2D eigenvalue weighted by atomic mass is 16.2. The van der Waals surface area contributed by atoms with Crippen LogP contribution in [-0.4, -0.2) is 22.5 Å². The lowest BCUT2D eigenvalue weighted by Crippen LogP contribution is -2.20. The second-order valence-corrected chi connectivity index (χ2v) is 7.88. The minimum Gasteiger partial charge on any atom is -0.350 e. The first kappa shape index (κ1) is 21.9. The maximum atomic E-state index is 12.8. The summed E-state index contributed by atoms with van der Waals surface area (Å²) >= 11 is 0. The maximum absolute atomic E-state index is 12.8. The highest BCUT2D eigenvalue weighted by Gasteiger charge is 2.20. The van der Waals surface area contributed by atoms with Crippen LogP contribution in [0, 0.1) is 0 Å². The summed E-state index contributed by atoms with van der Waals surface area (Å²) in [6.45, 7) is 0. The number of H-pyrrole nitrogens is 1. The molecule has 6 nitrogen and oxygen atoms in total. The highest BCUT2D eigenvalue weighted by molar-refractivity contribution is 6.48. The topological polar surface area (TPSA) is 86.3 Å². The quantitative estimate of drug-likeness (QED) is 0.347. The zero-order valence-corrected chi connectivity index (χ0v) is 18.7. The van der Waals surface area contributed by atoms with Crippen LogP contribution in [0.15, 0.2) is 126 Å². The molecule has 0 radical (unpaired) electrons. The van der Waals surface area contributed by atoms with E-state index in [2.05, 4.69) is 20.6 Å². The Hall–Kier alpha value is -4.97. The van der Waals surface area contributed by atoms with Crippen LogP contribution in [0.2, 0.25) is 0 Å². The minimum absolute atomic E-state index is 0.242. The molecule has 1 aliphatic rings. The fraction of sp³-hybridized carbons (Fsp3) is 0. The van der Waals surface area contributed by atoms with Crippen molar-refractivity contribution in [2.24, 2.45) is 4.99 Å². The molecule has 0 atom stereocenters. The second kappa shape index (κ2) is 9.89. The summed E-state index contributed by atoms with van der Waals surface area (Å²) in [5.41, 5.74) is 5.21. The molecule has 0 bridgehead atoms. The first-order valence-electron chi connectivity index (χ1n) is 11.2. The van der Waals surface area contributed by atoms with E-state index in [1.54, 1.807) is 12.1 Å². The summed E-state index contributed by atoms with van der Waals surface area (Å²) in [5.74, 6) is -0.530. The molecule has 5 rings (SSSR count). The van der Waals surface area contributed by atoms with Gasteiger partial charge in [0.1, 0.15) is 11.4 Å². The van der Waals surface area contributed by atoms with Gasteiger partial charge in [-0.2, -0.15) is 0 Å². The lowest BCUT2D eigenvalue weighted by Gasteiger charge is -2.09. The molecule has 35 heavy (non-hydrogen) atoms. The fourth-order valence-electron chi connectivity index (χ4n) is 3.78. The molecule has 0 aliphatic carbocycles. The van der Waals surface area contributed by atoms with Crippen LogP contribution in [0.5, 0.6) is 0 Å². The smallest absolute Gasteiger partial charge is 0.274 e. The number of carbonyl (C=O) groups excluding carboxylic acids is 2. The largest absolute Gasteiger partial charge is 0.350 e. The van der Waals surface area contributed by atoms with Gasteiger partial charge in [-0.25, -0.2) is 4.99 Å². The number of allylic oxidation sites excluding steroid dienone is 1. The molecule has 1 aromatic heterocycles. The van der Waals surface area contributed by atoms with Crippen molar-refractivity contribution < 1.29 is 9.59 Å². The molecular weight excluding hydrogens is 436 g/mol. The van der Waals surface area contributed by atoms with Crippen molar-refractivity contribution in [2.45, 2.75) is 0 Å². The van der Waals surface area contributed by atoms with E-state index in [0.29, 0.717) is 28.5 Å². The van der Waals surface area contributed by atoms with Crippen molar-refractivity contribution in [3.05, 3.63) is 138 Å². The number of nitrogens with one attached hydrogen (secondary N) is 3. The van der Waals surface area contributed by atoms with Crippen LogP contribution in [0.4, 0.5) is 11.4 Å². The molecule has 3 N–H and O–H groups in total. The maximum Gasteiger partial charge on any atom is 0.274 e. The van der Waals surface area contributed by atoms with Crippen LogP contribution in [-0.2, 0) is 4.79 Å². The van der Waals surface area contributed by atoms with Gasteiger partial charge in [0.05, 0.1) is 5.70 Å². The van der Waals surface area contributed by atoms with E-state index in [4.69, 9.17) is 0 Å². The summed E-state index contributed by atoms with van der Waals surface area (Å²) in [4.78, 5) is 33.3. The Morgan fingerprint density at radius 2 is 1.14 bits per heavy atom. The number of aromatic nitrogens is 1.